The third-order valence-corrected chi connectivity index (χ3v) is 6.17. The lowest BCUT2D eigenvalue weighted by molar-refractivity contribution is -0.903. The molecule has 0 spiro atoms. The third kappa shape index (κ3) is 3.88. The van der Waals surface area contributed by atoms with E-state index in [0.29, 0.717) is 43.6 Å². The number of likely N-dealkylation sites (tertiary alicyclic amines) is 1. The molecule has 1 aromatic rings. The Hall–Kier alpha value is -2.45. The fourth-order valence-electron chi connectivity index (χ4n) is 4.88. The molecule has 0 aliphatic carbocycles. The molecule has 28 heavy (non-hydrogen) atoms. The zero-order chi connectivity index (χ0) is 19.7. The topological polar surface area (TPSA) is 96.1 Å². The van der Waals surface area contributed by atoms with Crippen LogP contribution >= 0.6 is 0 Å². The first-order valence-corrected chi connectivity index (χ1v) is 9.95. The minimum atomic E-state index is -0.147. The van der Waals surface area contributed by atoms with Crippen LogP contribution in [-0.2, 0) is 16.1 Å². The molecular formula is C20H27N4O4+. The Balaban J connectivity index is 1.33. The van der Waals surface area contributed by atoms with Crippen LogP contribution in [0.3, 0.4) is 0 Å². The van der Waals surface area contributed by atoms with E-state index in [-0.39, 0.29) is 23.7 Å². The minimum Gasteiger partial charge on any atom is -0.338 e. The van der Waals surface area contributed by atoms with Gasteiger partial charge in [-0.1, -0.05) is 6.07 Å². The van der Waals surface area contributed by atoms with Crippen LogP contribution in [0.4, 0.5) is 0 Å². The maximum absolute atomic E-state index is 12.5. The lowest BCUT2D eigenvalue weighted by Crippen LogP contribution is -3.15. The van der Waals surface area contributed by atoms with Crippen LogP contribution in [0.25, 0.3) is 0 Å². The van der Waals surface area contributed by atoms with Gasteiger partial charge in [-0.15, -0.1) is 0 Å². The molecule has 3 atom stereocenters. The Morgan fingerprint density at radius 2 is 2.14 bits per heavy atom. The van der Waals surface area contributed by atoms with Crippen molar-refractivity contribution in [2.75, 3.05) is 32.7 Å². The van der Waals surface area contributed by atoms with Crippen LogP contribution in [0, 0.1) is 5.92 Å². The molecule has 1 aromatic heterocycles. The lowest BCUT2D eigenvalue weighted by atomic mass is 9.83. The van der Waals surface area contributed by atoms with Crippen LogP contribution in [-0.4, -0.2) is 59.1 Å². The van der Waals surface area contributed by atoms with Gasteiger partial charge < -0.3 is 14.4 Å². The number of ketones is 1. The van der Waals surface area contributed by atoms with Gasteiger partial charge in [0, 0.05) is 55.3 Å². The van der Waals surface area contributed by atoms with Crippen molar-refractivity contribution in [1.29, 1.82) is 0 Å². The number of nitrogens with zero attached hydrogens (tertiary/aromatic N) is 2. The lowest BCUT2D eigenvalue weighted by Gasteiger charge is -2.40. The Morgan fingerprint density at radius 1 is 1.29 bits per heavy atom. The van der Waals surface area contributed by atoms with E-state index < -0.39 is 0 Å². The Morgan fingerprint density at radius 3 is 2.89 bits per heavy atom. The summed E-state index contributed by atoms with van der Waals surface area (Å²) in [7, 11) is 0. The first kappa shape index (κ1) is 18.9. The van der Waals surface area contributed by atoms with E-state index in [2.05, 4.69) is 5.48 Å². The van der Waals surface area contributed by atoms with Crippen molar-refractivity contribution in [3.8, 4) is 0 Å². The number of fused-ring (bicyclic) bond motifs is 4. The van der Waals surface area contributed by atoms with Crippen molar-refractivity contribution in [3.05, 3.63) is 46.0 Å². The summed E-state index contributed by atoms with van der Waals surface area (Å²) in [5.41, 5.74) is 3.97. The van der Waals surface area contributed by atoms with Gasteiger partial charge in [-0.05, 0) is 18.6 Å². The number of amides is 1. The summed E-state index contributed by atoms with van der Waals surface area (Å²) in [6, 6.07) is 5.45. The number of rotatable bonds is 5. The number of carbonyl (C=O) groups excluding carboxylic acids is 2. The molecule has 1 unspecified atom stereocenters. The molecule has 0 aromatic carbocycles. The maximum Gasteiger partial charge on any atom is 0.250 e. The molecule has 1 amide bonds. The average molecular weight is 387 g/mol. The van der Waals surface area contributed by atoms with Crippen molar-refractivity contribution >= 4 is 11.7 Å². The Kier molecular flexibility index (Phi) is 5.32. The SMILES string of the molecule is O=C(CC(=O)N1CC=C(NO)CC1)C[NH+]1C[C@@H]2C[C@H](C1)c1cccc(=O)n1C2. The van der Waals surface area contributed by atoms with Crippen molar-refractivity contribution < 1.29 is 19.7 Å². The van der Waals surface area contributed by atoms with Crippen LogP contribution in [0.15, 0.2) is 34.8 Å². The van der Waals surface area contributed by atoms with Gasteiger partial charge in [0.15, 0.2) is 5.78 Å². The molecule has 3 N–H and O–H groups in total. The van der Waals surface area contributed by atoms with Gasteiger partial charge in [0.1, 0.15) is 6.54 Å². The van der Waals surface area contributed by atoms with Crippen molar-refractivity contribution in [2.45, 2.75) is 31.7 Å². The summed E-state index contributed by atoms with van der Waals surface area (Å²) >= 11 is 0. The number of pyridine rings is 1. The Bertz CT molecular complexity index is 862. The van der Waals surface area contributed by atoms with Gasteiger partial charge in [0.2, 0.25) is 5.91 Å². The zero-order valence-corrected chi connectivity index (χ0v) is 15.9. The van der Waals surface area contributed by atoms with Crippen LogP contribution in [0.5, 0.6) is 0 Å². The monoisotopic (exact) mass is 387 g/mol. The highest BCUT2D eigenvalue weighted by molar-refractivity contribution is 5.98. The van der Waals surface area contributed by atoms with Crippen LogP contribution < -0.4 is 15.9 Å². The normalized spacial score (nSPS) is 26.2. The highest BCUT2D eigenvalue weighted by Gasteiger charge is 2.37. The quantitative estimate of drug-likeness (QED) is 0.441. The average Bonchev–Trinajstić information content (AvgIpc) is 2.68. The van der Waals surface area contributed by atoms with E-state index in [0.717, 1.165) is 31.7 Å². The molecular weight excluding hydrogens is 360 g/mol. The van der Waals surface area contributed by atoms with Crippen LogP contribution in [0.1, 0.15) is 30.9 Å². The molecule has 4 heterocycles. The predicted molar refractivity (Wildman–Crippen MR) is 101 cm³/mol. The van der Waals surface area contributed by atoms with E-state index in [1.165, 1.54) is 4.90 Å². The number of nitrogens with one attached hydrogen (secondary N) is 2. The van der Waals surface area contributed by atoms with Gasteiger partial charge in [-0.2, -0.15) is 0 Å². The number of hydrogen-bond acceptors (Lipinski definition) is 5. The molecule has 1 saturated heterocycles. The van der Waals surface area contributed by atoms with Crippen molar-refractivity contribution in [3.63, 3.8) is 0 Å². The fourth-order valence-corrected chi connectivity index (χ4v) is 4.88. The third-order valence-electron chi connectivity index (χ3n) is 6.17. The van der Waals surface area contributed by atoms with Crippen molar-refractivity contribution in [1.82, 2.24) is 14.9 Å². The van der Waals surface area contributed by atoms with Crippen molar-refractivity contribution in [2.24, 2.45) is 5.92 Å². The first-order valence-electron chi connectivity index (χ1n) is 9.95. The number of hydrogen-bond donors (Lipinski definition) is 3. The maximum atomic E-state index is 12.5. The smallest absolute Gasteiger partial charge is 0.250 e. The van der Waals surface area contributed by atoms with E-state index in [4.69, 9.17) is 5.21 Å². The highest BCUT2D eigenvalue weighted by atomic mass is 16.5. The fraction of sp³-hybridized carbons (Fsp3) is 0.550. The van der Waals surface area contributed by atoms with Crippen LogP contribution in [0.2, 0.25) is 0 Å². The summed E-state index contributed by atoms with van der Waals surface area (Å²) in [6.45, 7) is 3.72. The molecule has 150 valence electrons. The van der Waals surface area contributed by atoms with Gasteiger partial charge in [-0.25, -0.2) is 0 Å². The van der Waals surface area contributed by atoms with E-state index >= 15 is 0 Å². The summed E-state index contributed by atoms with van der Waals surface area (Å²) < 4.78 is 1.89. The summed E-state index contributed by atoms with van der Waals surface area (Å²) in [5.74, 6) is 0.533. The molecule has 4 rings (SSSR count). The number of aromatic nitrogens is 1. The molecule has 3 aliphatic heterocycles. The second-order valence-corrected chi connectivity index (χ2v) is 8.18. The van der Waals surface area contributed by atoms with Gasteiger partial charge in [-0.3, -0.25) is 25.1 Å². The summed E-state index contributed by atoms with van der Waals surface area (Å²) in [5, 5.41) is 8.89. The molecule has 2 bridgehead atoms. The largest absolute Gasteiger partial charge is 0.338 e. The molecule has 0 radical (unpaired) electrons. The van der Waals surface area contributed by atoms with E-state index in [9.17, 15) is 14.4 Å². The molecule has 1 fully saturated rings. The van der Waals surface area contributed by atoms with Gasteiger partial charge in [0.05, 0.1) is 19.5 Å². The highest BCUT2D eigenvalue weighted by Crippen LogP contribution is 2.29. The molecule has 0 saturated carbocycles. The number of carbonyl (C=O) groups is 2. The standard InChI is InChI=1S/C20H26N4O4/c25-17(9-20(27)23-6-4-16(21-28)5-7-23)13-22-10-14-8-15(12-22)18-2-1-3-19(26)24(18)11-14/h1-4,14-15,21,28H,5-13H2/p+1/t14-,15+/m0/s1. The second kappa shape index (κ2) is 7.89. The minimum absolute atomic E-state index is 0.0273. The predicted octanol–water partition coefficient (Wildman–Crippen LogP) is -1.10. The number of hydroxylamine groups is 1. The van der Waals surface area contributed by atoms with E-state index in [1.807, 2.05) is 16.7 Å². The molecule has 8 nitrogen and oxygen atoms in total. The number of piperidine rings is 1. The van der Waals surface area contributed by atoms with Gasteiger partial charge >= 0.3 is 0 Å². The molecule has 3 aliphatic rings. The summed E-state index contributed by atoms with van der Waals surface area (Å²) in [4.78, 5) is 39.9. The summed E-state index contributed by atoms with van der Waals surface area (Å²) in [6.07, 6.45) is 3.34. The van der Waals surface area contributed by atoms with Gasteiger partial charge in [0.25, 0.3) is 5.56 Å². The molecule has 8 heteroatoms. The number of quaternary nitrogens is 1. The number of Topliss-reactive ketones (excluding diaryl/α,β-unsaturated/α-hetero) is 1. The Labute approximate surface area is 163 Å². The first-order chi connectivity index (χ1) is 13.5. The second-order valence-electron chi connectivity index (χ2n) is 8.18. The van der Waals surface area contributed by atoms with E-state index in [1.54, 1.807) is 17.0 Å². The zero-order valence-electron chi connectivity index (χ0n) is 15.9.